The van der Waals surface area contributed by atoms with Crippen LogP contribution in [0.3, 0.4) is 0 Å². The summed E-state index contributed by atoms with van der Waals surface area (Å²) in [6, 6.07) is 4.00. The van der Waals surface area contributed by atoms with E-state index in [0.717, 1.165) is 39.2 Å². The fraction of sp³-hybridized carbons (Fsp3) is 0.174. The number of hydrogen-bond acceptors (Lipinski definition) is 4. The average molecular weight is 368 g/mol. The first-order valence-corrected chi connectivity index (χ1v) is 9.41. The number of rotatable bonds is 1. The van der Waals surface area contributed by atoms with E-state index in [-0.39, 0.29) is 11.7 Å². The van der Waals surface area contributed by atoms with E-state index >= 15 is 0 Å². The summed E-state index contributed by atoms with van der Waals surface area (Å²) in [4.78, 5) is 25.6. The molecule has 0 radical (unpaired) electrons. The van der Waals surface area contributed by atoms with Gasteiger partial charge in [0.15, 0.2) is 5.78 Å². The summed E-state index contributed by atoms with van der Waals surface area (Å²) >= 11 is 0. The number of fused-ring (bicyclic) bond motifs is 6. The molecule has 138 valence electrons. The Bertz CT molecular complexity index is 1230. The van der Waals surface area contributed by atoms with E-state index in [2.05, 4.69) is 20.3 Å². The Balaban J connectivity index is 1.71. The van der Waals surface area contributed by atoms with E-state index in [4.69, 9.17) is 0 Å². The van der Waals surface area contributed by atoms with Crippen LogP contribution in [0.1, 0.15) is 13.8 Å². The number of hydrogen-bond donors (Lipinski definition) is 2. The van der Waals surface area contributed by atoms with Gasteiger partial charge in [-0.15, -0.1) is 0 Å². The molecule has 5 rings (SSSR count). The van der Waals surface area contributed by atoms with Crippen LogP contribution in [0, 0.1) is 5.92 Å². The van der Waals surface area contributed by atoms with Crippen molar-refractivity contribution in [3.63, 3.8) is 0 Å². The van der Waals surface area contributed by atoms with E-state index in [0.29, 0.717) is 0 Å². The maximum Gasteiger partial charge on any atom is 0.187 e. The van der Waals surface area contributed by atoms with Gasteiger partial charge in [0.25, 0.3) is 0 Å². The van der Waals surface area contributed by atoms with E-state index in [1.54, 1.807) is 6.08 Å². The molecule has 2 N–H and O–H groups in total. The highest BCUT2D eigenvalue weighted by atomic mass is 16.1. The number of aliphatic imine (C=N–C) groups is 2. The Kier molecular flexibility index (Phi) is 3.59. The van der Waals surface area contributed by atoms with Gasteiger partial charge in [-0.3, -0.25) is 4.79 Å². The second-order valence-corrected chi connectivity index (χ2v) is 7.65. The van der Waals surface area contributed by atoms with Crippen LogP contribution in [-0.2, 0) is 4.79 Å². The van der Waals surface area contributed by atoms with Gasteiger partial charge in [-0.05, 0) is 66.7 Å². The Morgan fingerprint density at radius 1 is 0.857 bits per heavy atom. The number of carbonyl (C=O) groups excluding carboxylic acids is 1. The van der Waals surface area contributed by atoms with Crippen molar-refractivity contribution >= 4 is 29.4 Å². The molecule has 28 heavy (non-hydrogen) atoms. The standard InChI is InChI=1S/C23H20N4O/c1-14(2)23-13-20-8-7-18(26-20)10-17-4-3-15(24-17)9-16-5-6-19(25-16)11-21(27-23)12-22(23)28/h3-14,25,27H,1-2H3. The molecule has 1 aromatic heterocycles. The maximum atomic E-state index is 13.0. The monoisotopic (exact) mass is 368 g/mol. The smallest absolute Gasteiger partial charge is 0.187 e. The summed E-state index contributed by atoms with van der Waals surface area (Å²) in [5, 5.41) is 5.33. The number of aromatic nitrogens is 1. The summed E-state index contributed by atoms with van der Waals surface area (Å²) in [6.07, 6.45) is 17.4. The summed E-state index contributed by atoms with van der Waals surface area (Å²) in [7, 11) is 0. The fourth-order valence-electron chi connectivity index (χ4n) is 3.80. The molecule has 0 fully saturated rings. The molecular formula is C23H20N4O. The van der Waals surface area contributed by atoms with Crippen LogP contribution < -0.4 is 16.0 Å². The zero-order valence-electron chi connectivity index (χ0n) is 15.7. The summed E-state index contributed by atoms with van der Waals surface area (Å²) in [5.41, 5.74) is 3.35. The van der Waals surface area contributed by atoms with Crippen molar-refractivity contribution in [1.82, 2.24) is 10.3 Å². The molecule has 1 atom stereocenters. The number of nitrogens with zero attached hydrogens (tertiary/aromatic N) is 2. The molecule has 5 nitrogen and oxygen atoms in total. The van der Waals surface area contributed by atoms with Gasteiger partial charge in [-0.25, -0.2) is 9.98 Å². The van der Waals surface area contributed by atoms with Crippen molar-refractivity contribution in [2.75, 3.05) is 0 Å². The van der Waals surface area contributed by atoms with Crippen LogP contribution in [0.4, 0.5) is 0 Å². The molecule has 0 amide bonds. The Hall–Kier alpha value is -3.47. The second kappa shape index (κ2) is 6.02. The number of carbonyl (C=O) groups is 1. The average Bonchev–Trinajstić information content (AvgIpc) is 3.40. The van der Waals surface area contributed by atoms with E-state index in [1.807, 2.05) is 74.6 Å². The molecule has 5 heteroatoms. The van der Waals surface area contributed by atoms with Gasteiger partial charge in [0.05, 0.1) is 22.8 Å². The molecule has 1 aromatic rings. The predicted molar refractivity (Wildman–Crippen MR) is 112 cm³/mol. The molecular weight excluding hydrogens is 348 g/mol. The molecule has 0 saturated carbocycles. The molecule has 0 aliphatic carbocycles. The minimum Gasteiger partial charge on any atom is -0.369 e. The van der Waals surface area contributed by atoms with Crippen LogP contribution >= 0.6 is 0 Å². The molecule has 0 saturated heterocycles. The lowest BCUT2D eigenvalue weighted by atomic mass is 9.83. The third kappa shape index (κ3) is 2.76. The zero-order valence-corrected chi connectivity index (χ0v) is 15.7. The molecule has 0 spiro atoms. The predicted octanol–water partition coefficient (Wildman–Crippen LogP) is 1.83. The molecule has 0 aromatic carbocycles. The zero-order chi connectivity index (χ0) is 19.3. The third-order valence-electron chi connectivity index (χ3n) is 5.34. The van der Waals surface area contributed by atoms with Crippen molar-refractivity contribution < 1.29 is 4.79 Å². The van der Waals surface area contributed by atoms with Gasteiger partial charge >= 0.3 is 0 Å². The first-order valence-electron chi connectivity index (χ1n) is 9.41. The van der Waals surface area contributed by atoms with E-state index in [1.165, 1.54) is 0 Å². The first-order chi connectivity index (χ1) is 13.5. The highest BCUT2D eigenvalue weighted by Gasteiger charge is 2.43. The topological polar surface area (TPSA) is 69.6 Å². The van der Waals surface area contributed by atoms with Crippen molar-refractivity contribution in [2.45, 2.75) is 19.4 Å². The van der Waals surface area contributed by atoms with Crippen molar-refractivity contribution in [2.24, 2.45) is 15.9 Å². The molecule has 1 unspecified atom stereocenters. The number of nitrogens with one attached hydrogen (secondary N) is 2. The van der Waals surface area contributed by atoms with Gasteiger partial charge in [-0.2, -0.15) is 0 Å². The highest BCUT2D eigenvalue weighted by molar-refractivity contribution is 6.19. The molecule has 4 aliphatic rings. The lowest BCUT2D eigenvalue weighted by Crippen LogP contribution is -2.49. The number of allylic oxidation sites excluding steroid dienone is 6. The maximum absolute atomic E-state index is 13.0. The van der Waals surface area contributed by atoms with Crippen LogP contribution in [0.5, 0.6) is 0 Å². The molecule has 8 bridgehead atoms. The lowest BCUT2D eigenvalue weighted by Gasteiger charge is -2.30. The first kappa shape index (κ1) is 16.7. The van der Waals surface area contributed by atoms with Crippen LogP contribution in [0.25, 0.3) is 12.2 Å². The molecule has 5 heterocycles. The molecule has 4 aliphatic heterocycles. The highest BCUT2D eigenvalue weighted by Crippen LogP contribution is 2.30. The lowest BCUT2D eigenvalue weighted by molar-refractivity contribution is -0.119. The Morgan fingerprint density at radius 3 is 2.32 bits per heavy atom. The number of aromatic amines is 1. The van der Waals surface area contributed by atoms with Crippen molar-refractivity contribution in [3.05, 3.63) is 82.5 Å². The van der Waals surface area contributed by atoms with Gasteiger partial charge in [0.1, 0.15) is 5.54 Å². The Labute approximate surface area is 162 Å². The summed E-state index contributed by atoms with van der Waals surface area (Å²) in [6.45, 7) is 4.09. The summed E-state index contributed by atoms with van der Waals surface area (Å²) < 4.78 is 0. The van der Waals surface area contributed by atoms with Crippen LogP contribution in [-0.4, -0.2) is 27.7 Å². The SMILES string of the molecule is CC(C)C12C=C3C=CC(=N3)C=C3C=CC(=N3)C=c3ccc([nH]3)=CC(=CC1=O)N2. The normalized spacial score (nSPS) is 24.8. The quantitative estimate of drug-likeness (QED) is 0.794. The minimum absolute atomic E-state index is 0.0480. The number of ketones is 1. The van der Waals surface area contributed by atoms with E-state index < -0.39 is 5.54 Å². The third-order valence-corrected chi connectivity index (χ3v) is 5.34. The van der Waals surface area contributed by atoms with Crippen molar-refractivity contribution in [3.8, 4) is 0 Å². The van der Waals surface area contributed by atoms with Crippen LogP contribution in [0.2, 0.25) is 0 Å². The van der Waals surface area contributed by atoms with Crippen molar-refractivity contribution in [1.29, 1.82) is 0 Å². The minimum atomic E-state index is -0.797. The fourth-order valence-corrected chi connectivity index (χ4v) is 3.80. The van der Waals surface area contributed by atoms with Gasteiger partial charge in [-0.1, -0.05) is 13.8 Å². The number of H-pyrrole nitrogens is 1. The van der Waals surface area contributed by atoms with Gasteiger partial charge < -0.3 is 10.3 Å². The van der Waals surface area contributed by atoms with Gasteiger partial charge in [0.2, 0.25) is 0 Å². The Morgan fingerprint density at radius 2 is 1.54 bits per heavy atom. The largest absolute Gasteiger partial charge is 0.369 e. The van der Waals surface area contributed by atoms with E-state index in [9.17, 15) is 4.79 Å². The van der Waals surface area contributed by atoms with Gasteiger partial charge in [0, 0.05) is 22.5 Å². The van der Waals surface area contributed by atoms with Crippen LogP contribution in [0.15, 0.2) is 81.7 Å². The summed E-state index contributed by atoms with van der Waals surface area (Å²) in [5.74, 6) is 0.115. The second-order valence-electron chi connectivity index (χ2n) is 7.65.